The van der Waals surface area contributed by atoms with Gasteiger partial charge in [0.25, 0.3) is 0 Å². The molecule has 0 spiro atoms. The van der Waals surface area contributed by atoms with E-state index in [1.807, 2.05) is 60.7 Å². The van der Waals surface area contributed by atoms with Gasteiger partial charge >= 0.3 is 12.2 Å². The summed E-state index contributed by atoms with van der Waals surface area (Å²) in [4.78, 5) is 24.6. The highest BCUT2D eigenvalue weighted by molar-refractivity contribution is 6.10. The highest BCUT2D eigenvalue weighted by atomic mass is 16.6. The van der Waals surface area contributed by atoms with Crippen LogP contribution in [0.2, 0.25) is 0 Å². The fourth-order valence-electron chi connectivity index (χ4n) is 6.46. The van der Waals surface area contributed by atoms with Gasteiger partial charge in [0.05, 0.1) is 0 Å². The van der Waals surface area contributed by atoms with Crippen molar-refractivity contribution in [2.24, 2.45) is 16.6 Å². The summed E-state index contributed by atoms with van der Waals surface area (Å²) < 4.78 is 11.3. The Bertz CT molecular complexity index is 1560. The van der Waals surface area contributed by atoms with E-state index in [2.05, 4.69) is 26.1 Å². The molecule has 1 saturated carbocycles. The van der Waals surface area contributed by atoms with Crippen molar-refractivity contribution in [1.29, 1.82) is 0 Å². The molecule has 0 aliphatic heterocycles. The van der Waals surface area contributed by atoms with E-state index >= 15 is 0 Å². The van der Waals surface area contributed by atoms with Crippen LogP contribution in [-0.2, 0) is 4.74 Å². The first-order valence-corrected chi connectivity index (χ1v) is 13.2. The summed E-state index contributed by atoms with van der Waals surface area (Å²) >= 11 is 0. The van der Waals surface area contributed by atoms with Crippen molar-refractivity contribution in [1.82, 2.24) is 5.32 Å². The second-order valence-electron chi connectivity index (χ2n) is 11.7. The molecular formula is C32H34N2O5. The van der Waals surface area contributed by atoms with Gasteiger partial charge in [-0.1, -0.05) is 81.4 Å². The largest absolute Gasteiger partial charge is 0.507 e. The number of phenols is 1. The second-order valence-corrected chi connectivity index (χ2v) is 11.7. The number of nitrogens with one attached hydrogen (secondary N) is 1. The average molecular weight is 527 g/mol. The minimum atomic E-state index is -0.784. The van der Waals surface area contributed by atoms with Gasteiger partial charge in [-0.05, 0) is 63.8 Å². The number of aromatic hydroxyl groups is 1. The summed E-state index contributed by atoms with van der Waals surface area (Å²) in [5.41, 5.74) is 6.14. The molecule has 1 aliphatic rings. The smallest absolute Gasteiger partial charge is 0.412 e. The highest BCUT2D eigenvalue weighted by Gasteiger charge is 2.43. The maximum atomic E-state index is 13.2. The zero-order chi connectivity index (χ0) is 27.8. The minimum absolute atomic E-state index is 0.0872. The number of fused-ring (bicyclic) bond motifs is 2. The summed E-state index contributed by atoms with van der Waals surface area (Å²) in [6, 6.07) is 22.8. The first-order chi connectivity index (χ1) is 18.5. The molecule has 0 heterocycles. The molecule has 2 amide bonds. The predicted molar refractivity (Wildman–Crippen MR) is 153 cm³/mol. The molecule has 2 atom stereocenters. The minimum Gasteiger partial charge on any atom is -0.507 e. The van der Waals surface area contributed by atoms with Gasteiger partial charge in [-0.2, -0.15) is 0 Å². The summed E-state index contributed by atoms with van der Waals surface area (Å²) in [6.45, 7) is 6.66. The molecular weight excluding hydrogens is 492 g/mol. The number of carbonyl (C=O) groups excluding carboxylic acids is 2. The SMILES string of the molecule is CC1(C)CC(OC(N)=O)CC(C)(CNC(=O)Oc2ccc3ccccc3c2-c2c(O)ccc3ccccc23)C1. The number of ether oxygens (including phenoxy) is 2. The van der Waals surface area contributed by atoms with Gasteiger partial charge in [-0.15, -0.1) is 0 Å². The van der Waals surface area contributed by atoms with Crippen molar-refractivity contribution in [3.05, 3.63) is 72.8 Å². The van der Waals surface area contributed by atoms with Crippen LogP contribution in [-0.4, -0.2) is 29.9 Å². The van der Waals surface area contributed by atoms with Crippen LogP contribution < -0.4 is 15.8 Å². The van der Waals surface area contributed by atoms with E-state index in [1.165, 1.54) is 0 Å². The normalized spacial score (nSPS) is 20.4. The van der Waals surface area contributed by atoms with Gasteiger partial charge < -0.3 is 25.6 Å². The van der Waals surface area contributed by atoms with Crippen LogP contribution in [0.5, 0.6) is 11.5 Å². The Morgan fingerprint density at radius 1 is 0.897 bits per heavy atom. The Balaban J connectivity index is 1.45. The van der Waals surface area contributed by atoms with Crippen molar-refractivity contribution in [2.75, 3.05) is 6.54 Å². The zero-order valence-corrected chi connectivity index (χ0v) is 22.5. The highest BCUT2D eigenvalue weighted by Crippen LogP contribution is 2.47. The number of rotatable bonds is 5. The Morgan fingerprint density at radius 2 is 1.51 bits per heavy atom. The number of primary amides is 1. The van der Waals surface area contributed by atoms with Gasteiger partial charge in [0.2, 0.25) is 0 Å². The molecule has 0 radical (unpaired) electrons. The third kappa shape index (κ3) is 5.62. The number of phenolic OH excluding ortho intramolecular Hbond substituents is 1. The number of carbonyl (C=O) groups is 2. The lowest BCUT2D eigenvalue weighted by molar-refractivity contribution is -0.0163. The Kier molecular flexibility index (Phi) is 6.85. The summed E-state index contributed by atoms with van der Waals surface area (Å²) in [5, 5.41) is 17.6. The Morgan fingerprint density at radius 3 is 2.18 bits per heavy atom. The Labute approximate surface area is 227 Å². The molecule has 39 heavy (non-hydrogen) atoms. The van der Waals surface area contributed by atoms with Crippen molar-refractivity contribution in [2.45, 2.75) is 46.1 Å². The molecule has 4 N–H and O–H groups in total. The third-order valence-electron chi connectivity index (χ3n) is 7.60. The lowest BCUT2D eigenvalue weighted by atomic mass is 9.63. The zero-order valence-electron chi connectivity index (χ0n) is 22.5. The van der Waals surface area contributed by atoms with Crippen molar-refractivity contribution >= 4 is 33.7 Å². The van der Waals surface area contributed by atoms with E-state index < -0.39 is 12.2 Å². The van der Waals surface area contributed by atoms with Gasteiger partial charge in [0.15, 0.2) is 0 Å². The van der Waals surface area contributed by atoms with E-state index in [4.69, 9.17) is 15.2 Å². The number of hydrogen-bond acceptors (Lipinski definition) is 5. The molecule has 0 saturated heterocycles. The average Bonchev–Trinajstić information content (AvgIpc) is 2.86. The molecule has 4 aromatic carbocycles. The molecule has 0 bridgehead atoms. The lowest BCUT2D eigenvalue weighted by Crippen LogP contribution is -2.47. The van der Waals surface area contributed by atoms with Crippen LogP contribution in [0.4, 0.5) is 9.59 Å². The van der Waals surface area contributed by atoms with Gasteiger partial charge in [0.1, 0.15) is 17.6 Å². The molecule has 1 fully saturated rings. The van der Waals surface area contributed by atoms with Crippen molar-refractivity contribution < 1.29 is 24.2 Å². The summed E-state index contributed by atoms with van der Waals surface area (Å²) in [6.07, 6.45) is 0.450. The number of amides is 2. The molecule has 1 aliphatic carbocycles. The maximum absolute atomic E-state index is 13.2. The second kappa shape index (κ2) is 10.1. The van der Waals surface area contributed by atoms with Gasteiger partial charge in [-0.25, -0.2) is 9.59 Å². The summed E-state index contributed by atoms with van der Waals surface area (Å²) in [5.74, 6) is 0.453. The third-order valence-corrected chi connectivity index (χ3v) is 7.60. The number of hydrogen-bond donors (Lipinski definition) is 3. The fraction of sp³-hybridized carbons (Fsp3) is 0.312. The van der Waals surface area contributed by atoms with Crippen LogP contribution in [0, 0.1) is 10.8 Å². The van der Waals surface area contributed by atoms with Crippen LogP contribution in [0.25, 0.3) is 32.7 Å². The molecule has 4 aromatic rings. The topological polar surface area (TPSA) is 111 Å². The van der Waals surface area contributed by atoms with Crippen LogP contribution in [0.3, 0.4) is 0 Å². The van der Waals surface area contributed by atoms with E-state index in [1.54, 1.807) is 12.1 Å². The standard InChI is InChI=1S/C32H34N2O5/c1-31(2)16-22(38-29(33)36)17-32(3,18-31)19-34-30(37)39-26-15-13-21-9-5-7-11-24(21)28(26)27-23-10-6-4-8-20(23)12-14-25(27)35/h4-15,22,35H,16-19H2,1-3H3,(H2,33,36)(H,34,37). The fourth-order valence-corrected chi connectivity index (χ4v) is 6.46. The van der Waals surface area contributed by atoms with Gasteiger partial charge in [0, 0.05) is 17.7 Å². The first-order valence-electron chi connectivity index (χ1n) is 13.2. The quantitative estimate of drug-likeness (QED) is 0.256. The lowest BCUT2D eigenvalue weighted by Gasteiger charge is -2.45. The van der Waals surface area contributed by atoms with Gasteiger partial charge in [-0.3, -0.25) is 0 Å². The maximum Gasteiger partial charge on any atom is 0.412 e. The van der Waals surface area contributed by atoms with E-state index in [9.17, 15) is 14.7 Å². The molecule has 7 heteroatoms. The molecule has 0 aromatic heterocycles. The molecule has 2 unspecified atom stereocenters. The van der Waals surface area contributed by atoms with E-state index in [-0.39, 0.29) is 22.7 Å². The number of benzene rings is 4. The molecule has 7 nitrogen and oxygen atoms in total. The summed E-state index contributed by atoms with van der Waals surface area (Å²) in [7, 11) is 0. The predicted octanol–water partition coefficient (Wildman–Crippen LogP) is 7.13. The monoisotopic (exact) mass is 526 g/mol. The number of nitrogens with two attached hydrogens (primary N) is 1. The first kappa shape index (κ1) is 26.4. The van der Waals surface area contributed by atoms with Crippen LogP contribution >= 0.6 is 0 Å². The Hall–Kier alpha value is -4.26. The van der Waals surface area contributed by atoms with E-state index in [0.717, 1.165) is 28.0 Å². The van der Waals surface area contributed by atoms with Crippen LogP contribution in [0.1, 0.15) is 40.0 Å². The van der Waals surface area contributed by atoms with Crippen molar-refractivity contribution in [3.8, 4) is 22.6 Å². The molecule has 5 rings (SSSR count). The van der Waals surface area contributed by atoms with E-state index in [0.29, 0.717) is 36.3 Å². The van der Waals surface area contributed by atoms with Crippen molar-refractivity contribution in [3.63, 3.8) is 0 Å². The van der Waals surface area contributed by atoms with Crippen LogP contribution in [0.15, 0.2) is 72.8 Å². The molecule has 202 valence electrons.